The van der Waals surface area contributed by atoms with Crippen LogP contribution in [0, 0.1) is 22.9 Å². The highest BCUT2D eigenvalue weighted by atomic mass is 19.1. The lowest BCUT2D eigenvalue weighted by Crippen LogP contribution is -2.18. The van der Waals surface area contributed by atoms with E-state index in [2.05, 4.69) is 5.32 Å². The van der Waals surface area contributed by atoms with Crippen LogP contribution in [0.15, 0.2) is 42.5 Å². The number of halogens is 1. The third kappa shape index (κ3) is 3.86. The van der Waals surface area contributed by atoms with Gasteiger partial charge in [0.15, 0.2) is 0 Å². The van der Waals surface area contributed by atoms with Crippen molar-refractivity contribution in [1.82, 2.24) is 5.32 Å². The molecule has 0 fully saturated rings. The normalized spacial score (nSPS) is 12.1. The van der Waals surface area contributed by atoms with E-state index in [1.54, 1.807) is 25.1 Å². The SMILES string of the molecule is Cc1ccc(CN[C@@H](C)c2cccc(F)c2)cc1[N+](=O)[O-]. The molecule has 1 N–H and O–H groups in total. The molecule has 0 spiro atoms. The molecular weight excluding hydrogens is 271 g/mol. The van der Waals surface area contributed by atoms with Crippen LogP contribution in [0.2, 0.25) is 0 Å². The predicted octanol–water partition coefficient (Wildman–Crippen LogP) is 3.89. The lowest BCUT2D eigenvalue weighted by molar-refractivity contribution is -0.385. The van der Waals surface area contributed by atoms with Gasteiger partial charge in [0.1, 0.15) is 5.82 Å². The Morgan fingerprint density at radius 1 is 1.29 bits per heavy atom. The highest BCUT2D eigenvalue weighted by Crippen LogP contribution is 2.20. The second-order valence-corrected chi connectivity index (χ2v) is 5.04. The molecule has 4 nitrogen and oxygen atoms in total. The molecule has 0 radical (unpaired) electrons. The molecule has 0 aliphatic rings. The second-order valence-electron chi connectivity index (χ2n) is 5.04. The van der Waals surface area contributed by atoms with Gasteiger partial charge >= 0.3 is 0 Å². The molecule has 0 aromatic heterocycles. The Kier molecular flexibility index (Phi) is 4.65. The van der Waals surface area contributed by atoms with Crippen LogP contribution in [0.25, 0.3) is 0 Å². The van der Waals surface area contributed by atoms with Crippen LogP contribution < -0.4 is 5.32 Å². The number of aryl methyl sites for hydroxylation is 1. The number of hydrogen-bond acceptors (Lipinski definition) is 3. The van der Waals surface area contributed by atoms with Gasteiger partial charge < -0.3 is 5.32 Å². The first-order valence-corrected chi connectivity index (χ1v) is 6.70. The Balaban J connectivity index is 2.06. The van der Waals surface area contributed by atoms with E-state index in [0.717, 1.165) is 11.1 Å². The van der Waals surface area contributed by atoms with Crippen LogP contribution in [0.1, 0.15) is 29.7 Å². The second kappa shape index (κ2) is 6.45. The van der Waals surface area contributed by atoms with Crippen molar-refractivity contribution in [2.75, 3.05) is 0 Å². The molecule has 0 bridgehead atoms. The maximum atomic E-state index is 13.2. The highest BCUT2D eigenvalue weighted by molar-refractivity contribution is 5.42. The number of nitro benzene ring substituents is 1. The molecule has 2 aromatic carbocycles. The molecule has 0 aliphatic carbocycles. The van der Waals surface area contributed by atoms with E-state index in [0.29, 0.717) is 12.1 Å². The monoisotopic (exact) mass is 288 g/mol. The number of nitrogens with zero attached hydrogens (tertiary/aromatic N) is 1. The Hall–Kier alpha value is -2.27. The number of hydrogen-bond donors (Lipinski definition) is 1. The van der Waals surface area contributed by atoms with Gasteiger partial charge in [-0.3, -0.25) is 10.1 Å². The van der Waals surface area contributed by atoms with Crippen LogP contribution in [-0.4, -0.2) is 4.92 Å². The minimum atomic E-state index is -0.380. The molecule has 0 saturated heterocycles. The van der Waals surface area contributed by atoms with E-state index < -0.39 is 0 Å². The van der Waals surface area contributed by atoms with E-state index in [1.807, 2.05) is 19.1 Å². The van der Waals surface area contributed by atoms with E-state index in [9.17, 15) is 14.5 Å². The zero-order chi connectivity index (χ0) is 15.4. The summed E-state index contributed by atoms with van der Waals surface area (Å²) in [4.78, 5) is 10.5. The van der Waals surface area contributed by atoms with Crippen LogP contribution in [-0.2, 0) is 6.54 Å². The molecule has 1 atom stereocenters. The lowest BCUT2D eigenvalue weighted by Gasteiger charge is -2.14. The van der Waals surface area contributed by atoms with Crippen molar-refractivity contribution >= 4 is 5.69 Å². The van der Waals surface area contributed by atoms with E-state index >= 15 is 0 Å². The zero-order valence-corrected chi connectivity index (χ0v) is 12.0. The average Bonchev–Trinajstić information content (AvgIpc) is 2.45. The van der Waals surface area contributed by atoms with Gasteiger partial charge in [-0.05, 0) is 37.1 Å². The molecule has 0 unspecified atom stereocenters. The molecule has 0 saturated carbocycles. The van der Waals surface area contributed by atoms with E-state index in [1.165, 1.54) is 12.1 Å². The van der Waals surface area contributed by atoms with Gasteiger partial charge in [-0.2, -0.15) is 0 Å². The molecule has 5 heteroatoms. The summed E-state index contributed by atoms with van der Waals surface area (Å²) in [6, 6.07) is 11.5. The zero-order valence-electron chi connectivity index (χ0n) is 12.0. The number of nitrogens with one attached hydrogen (secondary N) is 1. The summed E-state index contributed by atoms with van der Waals surface area (Å²) in [5.74, 6) is -0.271. The maximum absolute atomic E-state index is 13.2. The summed E-state index contributed by atoms with van der Waals surface area (Å²) in [5.41, 5.74) is 2.43. The summed E-state index contributed by atoms with van der Waals surface area (Å²) in [5, 5.41) is 14.2. The van der Waals surface area contributed by atoms with Gasteiger partial charge in [-0.15, -0.1) is 0 Å². The fraction of sp³-hybridized carbons (Fsp3) is 0.250. The molecule has 2 rings (SSSR count). The van der Waals surface area contributed by atoms with Gasteiger partial charge in [0, 0.05) is 24.2 Å². The van der Waals surface area contributed by atoms with Crippen molar-refractivity contribution in [2.45, 2.75) is 26.4 Å². The fourth-order valence-corrected chi connectivity index (χ4v) is 2.13. The molecule has 0 heterocycles. The minimum absolute atomic E-state index is 0.0407. The van der Waals surface area contributed by atoms with Gasteiger partial charge in [-0.1, -0.05) is 24.3 Å². The third-order valence-electron chi connectivity index (χ3n) is 3.43. The highest BCUT2D eigenvalue weighted by Gasteiger charge is 2.12. The smallest absolute Gasteiger partial charge is 0.272 e. The molecule has 110 valence electrons. The van der Waals surface area contributed by atoms with Gasteiger partial charge in [0.2, 0.25) is 0 Å². The molecule has 21 heavy (non-hydrogen) atoms. The Labute approximate surface area is 122 Å². The van der Waals surface area contributed by atoms with Crippen molar-refractivity contribution < 1.29 is 9.31 Å². The number of rotatable bonds is 5. The summed E-state index contributed by atoms with van der Waals surface area (Å²) >= 11 is 0. The number of nitro groups is 1. The van der Waals surface area contributed by atoms with E-state index in [4.69, 9.17) is 0 Å². The largest absolute Gasteiger partial charge is 0.306 e. The topological polar surface area (TPSA) is 55.2 Å². The molecule has 0 aliphatic heterocycles. The first kappa shape index (κ1) is 15.1. The van der Waals surface area contributed by atoms with Crippen molar-refractivity contribution in [2.24, 2.45) is 0 Å². The van der Waals surface area contributed by atoms with Gasteiger partial charge in [0.25, 0.3) is 5.69 Å². The number of benzene rings is 2. The van der Waals surface area contributed by atoms with Crippen molar-refractivity contribution in [3.63, 3.8) is 0 Å². The summed E-state index contributed by atoms with van der Waals surface area (Å²) in [6.45, 7) is 4.13. The quantitative estimate of drug-likeness (QED) is 0.670. The van der Waals surface area contributed by atoms with Gasteiger partial charge in [-0.25, -0.2) is 4.39 Å². The molecule has 2 aromatic rings. The Morgan fingerprint density at radius 3 is 2.71 bits per heavy atom. The fourth-order valence-electron chi connectivity index (χ4n) is 2.13. The standard InChI is InChI=1S/C16H17FN2O2/c1-11-6-7-13(8-16(11)19(20)21)10-18-12(2)14-4-3-5-15(17)9-14/h3-9,12,18H,10H2,1-2H3/t12-/m0/s1. The van der Waals surface area contributed by atoms with Crippen LogP contribution in [0.4, 0.5) is 10.1 Å². The van der Waals surface area contributed by atoms with Crippen LogP contribution in [0.5, 0.6) is 0 Å². The third-order valence-corrected chi connectivity index (χ3v) is 3.43. The van der Waals surface area contributed by atoms with Crippen molar-refractivity contribution in [3.05, 3.63) is 75.1 Å². The van der Waals surface area contributed by atoms with Crippen LogP contribution >= 0.6 is 0 Å². The van der Waals surface area contributed by atoms with Crippen LogP contribution in [0.3, 0.4) is 0 Å². The minimum Gasteiger partial charge on any atom is -0.306 e. The first-order valence-electron chi connectivity index (χ1n) is 6.70. The lowest BCUT2D eigenvalue weighted by atomic mass is 10.1. The summed E-state index contributed by atoms with van der Waals surface area (Å²) in [7, 11) is 0. The summed E-state index contributed by atoms with van der Waals surface area (Å²) in [6.07, 6.45) is 0. The van der Waals surface area contributed by atoms with E-state index in [-0.39, 0.29) is 22.5 Å². The Bertz CT molecular complexity index is 658. The Morgan fingerprint density at radius 2 is 2.05 bits per heavy atom. The average molecular weight is 288 g/mol. The summed E-state index contributed by atoms with van der Waals surface area (Å²) < 4.78 is 13.2. The van der Waals surface area contributed by atoms with Gasteiger partial charge in [0.05, 0.1) is 4.92 Å². The predicted molar refractivity (Wildman–Crippen MR) is 79.5 cm³/mol. The van der Waals surface area contributed by atoms with Crippen molar-refractivity contribution in [1.29, 1.82) is 0 Å². The first-order chi connectivity index (χ1) is 9.97. The molecular formula is C16H17FN2O2. The maximum Gasteiger partial charge on any atom is 0.272 e. The molecule has 0 amide bonds. The van der Waals surface area contributed by atoms with Crippen molar-refractivity contribution in [3.8, 4) is 0 Å².